The van der Waals surface area contributed by atoms with E-state index in [1.54, 1.807) is 12.4 Å². The van der Waals surface area contributed by atoms with Crippen molar-refractivity contribution in [1.29, 1.82) is 0 Å². The summed E-state index contributed by atoms with van der Waals surface area (Å²) in [6, 6.07) is 1.87. The summed E-state index contributed by atoms with van der Waals surface area (Å²) >= 11 is 0. The van der Waals surface area contributed by atoms with Crippen molar-refractivity contribution in [3.8, 4) is 0 Å². The van der Waals surface area contributed by atoms with Crippen LogP contribution in [-0.4, -0.2) is 28.0 Å². The molecule has 1 aliphatic rings. The number of nitrogens with two attached hydrogens (primary N) is 1. The van der Waals surface area contributed by atoms with Gasteiger partial charge in [0.05, 0.1) is 10.9 Å². The van der Waals surface area contributed by atoms with Crippen molar-refractivity contribution < 1.29 is 0 Å². The van der Waals surface area contributed by atoms with Crippen LogP contribution >= 0.6 is 0 Å². The minimum atomic E-state index is 0.389. The van der Waals surface area contributed by atoms with Crippen molar-refractivity contribution in [2.75, 3.05) is 18.8 Å². The van der Waals surface area contributed by atoms with Crippen LogP contribution in [0.2, 0.25) is 0 Å². The maximum absolute atomic E-state index is 5.91. The third kappa shape index (κ3) is 1.49. The fourth-order valence-corrected chi connectivity index (χ4v) is 2.07. The predicted octanol–water partition coefficient (Wildman–Crippen LogP) is 0.684. The van der Waals surface area contributed by atoms with Gasteiger partial charge >= 0.3 is 0 Å². The number of nitrogens with one attached hydrogen (secondary N) is 1. The molecule has 3 heterocycles. The summed E-state index contributed by atoms with van der Waals surface area (Å²) in [5.74, 6) is 1.76. The molecule has 1 unspecified atom stereocenters. The molecular formula is C11H13N5. The average Bonchev–Trinajstić information content (AvgIpc) is 2.82. The third-order valence-corrected chi connectivity index (χ3v) is 2.97. The molecule has 2 aromatic rings. The molecule has 1 atom stereocenters. The number of nitrogen functional groups attached to an aromatic ring is 1. The number of hydrogen-bond donors (Lipinski definition) is 2. The molecule has 2 aromatic heterocycles. The van der Waals surface area contributed by atoms with E-state index in [9.17, 15) is 0 Å². The van der Waals surface area contributed by atoms with E-state index in [0.717, 1.165) is 36.2 Å². The van der Waals surface area contributed by atoms with Gasteiger partial charge in [-0.3, -0.25) is 4.98 Å². The molecule has 1 aliphatic heterocycles. The Labute approximate surface area is 93.1 Å². The largest absolute Gasteiger partial charge is 0.383 e. The van der Waals surface area contributed by atoms with Crippen molar-refractivity contribution in [1.82, 2.24) is 20.3 Å². The lowest BCUT2D eigenvalue weighted by Crippen LogP contribution is -2.11. The van der Waals surface area contributed by atoms with Gasteiger partial charge < -0.3 is 11.1 Å². The van der Waals surface area contributed by atoms with E-state index in [1.807, 2.05) is 6.07 Å². The lowest BCUT2D eigenvalue weighted by Gasteiger charge is -2.09. The summed E-state index contributed by atoms with van der Waals surface area (Å²) in [5, 5.41) is 4.14. The number of rotatable bonds is 1. The first-order chi connectivity index (χ1) is 7.84. The Hall–Kier alpha value is -1.75. The molecule has 3 N–H and O–H groups in total. The molecule has 0 amide bonds. The molecule has 0 spiro atoms. The summed E-state index contributed by atoms with van der Waals surface area (Å²) in [7, 11) is 0. The minimum Gasteiger partial charge on any atom is -0.383 e. The Morgan fingerprint density at radius 3 is 3.12 bits per heavy atom. The molecular weight excluding hydrogens is 202 g/mol. The van der Waals surface area contributed by atoms with Crippen LogP contribution in [0.25, 0.3) is 10.9 Å². The minimum absolute atomic E-state index is 0.389. The Morgan fingerprint density at radius 2 is 2.31 bits per heavy atom. The molecule has 82 valence electrons. The highest BCUT2D eigenvalue weighted by atomic mass is 15.0. The van der Waals surface area contributed by atoms with Crippen LogP contribution in [0.5, 0.6) is 0 Å². The van der Waals surface area contributed by atoms with E-state index in [4.69, 9.17) is 5.73 Å². The number of fused-ring (bicyclic) bond motifs is 1. The highest BCUT2D eigenvalue weighted by Crippen LogP contribution is 2.23. The molecule has 5 heteroatoms. The standard InChI is InChI=1S/C11H13N5/c12-10-8-6-14-4-2-9(8)15-11(16-10)7-1-3-13-5-7/h2,4,6-7,13H,1,3,5H2,(H2,12,15,16). The zero-order valence-electron chi connectivity index (χ0n) is 8.85. The van der Waals surface area contributed by atoms with Gasteiger partial charge in [-0.15, -0.1) is 0 Å². The monoisotopic (exact) mass is 215 g/mol. The lowest BCUT2D eigenvalue weighted by atomic mass is 10.1. The maximum atomic E-state index is 5.91. The Kier molecular flexibility index (Phi) is 2.18. The number of nitrogens with zero attached hydrogens (tertiary/aromatic N) is 3. The second kappa shape index (κ2) is 3.68. The number of anilines is 1. The van der Waals surface area contributed by atoms with Crippen LogP contribution in [0.1, 0.15) is 18.2 Å². The van der Waals surface area contributed by atoms with Gasteiger partial charge in [0.15, 0.2) is 0 Å². The third-order valence-electron chi connectivity index (χ3n) is 2.97. The average molecular weight is 215 g/mol. The van der Waals surface area contributed by atoms with Crippen LogP contribution < -0.4 is 11.1 Å². The van der Waals surface area contributed by atoms with Crippen molar-refractivity contribution >= 4 is 16.7 Å². The van der Waals surface area contributed by atoms with E-state index < -0.39 is 0 Å². The number of pyridine rings is 1. The van der Waals surface area contributed by atoms with Gasteiger partial charge in [0, 0.05) is 24.9 Å². The van der Waals surface area contributed by atoms with Crippen molar-refractivity contribution in [3.63, 3.8) is 0 Å². The van der Waals surface area contributed by atoms with Crippen molar-refractivity contribution in [2.45, 2.75) is 12.3 Å². The normalized spacial score (nSPS) is 20.4. The number of hydrogen-bond acceptors (Lipinski definition) is 5. The van der Waals surface area contributed by atoms with E-state index in [-0.39, 0.29) is 0 Å². The van der Waals surface area contributed by atoms with Crippen LogP contribution in [0.15, 0.2) is 18.5 Å². The first kappa shape index (κ1) is 9.47. The molecule has 5 nitrogen and oxygen atoms in total. The van der Waals surface area contributed by atoms with Crippen LogP contribution in [0.3, 0.4) is 0 Å². The summed E-state index contributed by atoms with van der Waals surface area (Å²) in [6.07, 6.45) is 4.52. The topological polar surface area (TPSA) is 76.7 Å². The lowest BCUT2D eigenvalue weighted by molar-refractivity contribution is 0.708. The van der Waals surface area contributed by atoms with Crippen molar-refractivity contribution in [2.24, 2.45) is 0 Å². The molecule has 1 fully saturated rings. The van der Waals surface area contributed by atoms with Gasteiger partial charge in [-0.05, 0) is 19.0 Å². The maximum Gasteiger partial charge on any atom is 0.136 e. The Morgan fingerprint density at radius 1 is 1.38 bits per heavy atom. The van der Waals surface area contributed by atoms with E-state index in [0.29, 0.717) is 11.7 Å². The predicted molar refractivity (Wildman–Crippen MR) is 62.0 cm³/mol. The Bertz CT molecular complexity index is 519. The summed E-state index contributed by atoms with van der Waals surface area (Å²) in [4.78, 5) is 12.9. The second-order valence-electron chi connectivity index (χ2n) is 4.05. The highest BCUT2D eigenvalue weighted by Gasteiger charge is 2.20. The van der Waals surface area contributed by atoms with E-state index in [2.05, 4.69) is 20.3 Å². The molecule has 16 heavy (non-hydrogen) atoms. The highest BCUT2D eigenvalue weighted by molar-refractivity contribution is 5.86. The fourth-order valence-electron chi connectivity index (χ4n) is 2.07. The molecule has 0 bridgehead atoms. The number of aromatic nitrogens is 3. The van der Waals surface area contributed by atoms with E-state index >= 15 is 0 Å². The summed E-state index contributed by atoms with van der Waals surface area (Å²) in [5.41, 5.74) is 6.79. The smallest absolute Gasteiger partial charge is 0.136 e. The van der Waals surface area contributed by atoms with Gasteiger partial charge in [-0.2, -0.15) is 0 Å². The first-order valence-electron chi connectivity index (χ1n) is 5.42. The van der Waals surface area contributed by atoms with Gasteiger partial charge in [0.1, 0.15) is 11.6 Å². The van der Waals surface area contributed by atoms with Gasteiger partial charge in [-0.25, -0.2) is 9.97 Å². The fraction of sp³-hybridized carbons (Fsp3) is 0.364. The molecule has 3 rings (SSSR count). The molecule has 0 aromatic carbocycles. The SMILES string of the molecule is Nc1nc(C2CCNC2)nc2ccncc12. The zero-order valence-corrected chi connectivity index (χ0v) is 8.85. The summed E-state index contributed by atoms with van der Waals surface area (Å²) in [6.45, 7) is 1.97. The Balaban J connectivity index is 2.13. The van der Waals surface area contributed by atoms with Crippen LogP contribution in [0, 0.1) is 0 Å². The van der Waals surface area contributed by atoms with Gasteiger partial charge in [0.25, 0.3) is 0 Å². The first-order valence-corrected chi connectivity index (χ1v) is 5.42. The zero-order chi connectivity index (χ0) is 11.0. The summed E-state index contributed by atoms with van der Waals surface area (Å²) < 4.78 is 0. The molecule has 0 radical (unpaired) electrons. The van der Waals surface area contributed by atoms with Crippen molar-refractivity contribution in [3.05, 3.63) is 24.3 Å². The molecule has 1 saturated heterocycles. The quantitative estimate of drug-likeness (QED) is 0.731. The van der Waals surface area contributed by atoms with Gasteiger partial charge in [0.2, 0.25) is 0 Å². The van der Waals surface area contributed by atoms with Crippen LogP contribution in [0.4, 0.5) is 5.82 Å². The van der Waals surface area contributed by atoms with Gasteiger partial charge in [-0.1, -0.05) is 0 Å². The second-order valence-corrected chi connectivity index (χ2v) is 4.05. The molecule has 0 aliphatic carbocycles. The van der Waals surface area contributed by atoms with Crippen LogP contribution in [-0.2, 0) is 0 Å². The molecule has 0 saturated carbocycles. The van der Waals surface area contributed by atoms with E-state index in [1.165, 1.54) is 0 Å².